The number of carbonyl (C=O) groups excluding carboxylic acids is 1. The Morgan fingerprint density at radius 1 is 0.968 bits per heavy atom. The summed E-state index contributed by atoms with van der Waals surface area (Å²) in [5.74, 6) is 0.867. The van der Waals surface area contributed by atoms with Crippen molar-refractivity contribution in [2.45, 2.75) is 6.54 Å². The van der Waals surface area contributed by atoms with Gasteiger partial charge in [-0.15, -0.1) is 0 Å². The van der Waals surface area contributed by atoms with Gasteiger partial charge in [0.2, 0.25) is 5.88 Å². The van der Waals surface area contributed by atoms with E-state index in [1.165, 1.54) is 13.3 Å². The molecule has 0 fully saturated rings. The van der Waals surface area contributed by atoms with Crippen molar-refractivity contribution >= 4 is 22.4 Å². The Labute approximate surface area is 178 Å². The van der Waals surface area contributed by atoms with E-state index in [2.05, 4.69) is 10.3 Å². The highest BCUT2D eigenvalue weighted by atomic mass is 16.5. The fraction of sp³-hybridized carbons (Fsp3) is 0.125. The van der Waals surface area contributed by atoms with Gasteiger partial charge in [-0.3, -0.25) is 9.59 Å². The third-order valence-electron chi connectivity index (χ3n) is 4.95. The summed E-state index contributed by atoms with van der Waals surface area (Å²) < 4.78 is 11.8. The number of hydrogen-bond donors (Lipinski definition) is 1. The zero-order chi connectivity index (χ0) is 21.8. The molecular weight excluding hydrogens is 394 g/mol. The average molecular weight is 415 g/mol. The quantitative estimate of drug-likeness (QED) is 0.519. The first-order valence-electron chi connectivity index (χ1n) is 9.65. The van der Waals surface area contributed by atoms with Gasteiger partial charge in [0.1, 0.15) is 5.75 Å². The van der Waals surface area contributed by atoms with E-state index < -0.39 is 0 Å². The molecule has 0 saturated carbocycles. The number of benzene rings is 2. The number of hydrogen-bond acceptors (Lipinski definition) is 5. The monoisotopic (exact) mass is 415 g/mol. The molecule has 2 heterocycles. The largest absolute Gasteiger partial charge is 0.497 e. The van der Waals surface area contributed by atoms with Crippen LogP contribution in [0.1, 0.15) is 15.9 Å². The molecule has 0 aliphatic heterocycles. The molecule has 7 nitrogen and oxygen atoms in total. The first kappa shape index (κ1) is 20.2. The van der Waals surface area contributed by atoms with Gasteiger partial charge in [-0.25, -0.2) is 4.98 Å². The number of nitrogens with zero attached hydrogens (tertiary/aromatic N) is 2. The zero-order valence-electron chi connectivity index (χ0n) is 17.2. The third-order valence-corrected chi connectivity index (χ3v) is 4.95. The maximum Gasteiger partial charge on any atom is 0.258 e. The lowest BCUT2D eigenvalue weighted by molar-refractivity contribution is 0.102. The zero-order valence-corrected chi connectivity index (χ0v) is 17.2. The van der Waals surface area contributed by atoms with Gasteiger partial charge in [-0.2, -0.15) is 0 Å². The van der Waals surface area contributed by atoms with Crippen LogP contribution in [0, 0.1) is 0 Å². The molecule has 0 aliphatic rings. The molecule has 4 aromatic rings. The fourth-order valence-electron chi connectivity index (χ4n) is 3.34. The summed E-state index contributed by atoms with van der Waals surface area (Å²) in [6, 6.07) is 17.9. The van der Waals surface area contributed by atoms with E-state index in [4.69, 9.17) is 9.47 Å². The van der Waals surface area contributed by atoms with E-state index in [-0.39, 0.29) is 11.5 Å². The van der Waals surface area contributed by atoms with Crippen molar-refractivity contribution in [2.75, 3.05) is 19.5 Å². The molecule has 1 amide bonds. The summed E-state index contributed by atoms with van der Waals surface area (Å²) in [6.07, 6.45) is 3.12. The maximum absolute atomic E-state index is 13.1. The highest BCUT2D eigenvalue weighted by Crippen LogP contribution is 2.19. The standard InChI is InChI=1S/C24H21N3O4/c1-30-18-10-7-16(8-11-18)14-27-15-21(19-5-3-4-6-20(19)24(27)29)23(28)26-17-9-12-22(31-2)25-13-17/h3-13,15H,14H2,1-2H3,(H,26,28). The number of rotatable bonds is 6. The van der Waals surface area contributed by atoms with Crippen LogP contribution in [-0.4, -0.2) is 29.7 Å². The molecule has 4 rings (SSSR count). The average Bonchev–Trinajstić information content (AvgIpc) is 2.82. The van der Waals surface area contributed by atoms with Crippen molar-refractivity contribution in [3.05, 3.63) is 94.5 Å². The molecule has 0 bridgehead atoms. The van der Waals surface area contributed by atoms with Crippen LogP contribution in [0.5, 0.6) is 11.6 Å². The lowest BCUT2D eigenvalue weighted by atomic mass is 10.1. The molecule has 2 aromatic heterocycles. The highest BCUT2D eigenvalue weighted by molar-refractivity contribution is 6.12. The number of ether oxygens (including phenoxy) is 2. The van der Waals surface area contributed by atoms with Gasteiger partial charge in [-0.05, 0) is 29.8 Å². The van der Waals surface area contributed by atoms with Gasteiger partial charge >= 0.3 is 0 Å². The van der Waals surface area contributed by atoms with Crippen molar-refractivity contribution < 1.29 is 14.3 Å². The molecule has 0 aliphatic carbocycles. The summed E-state index contributed by atoms with van der Waals surface area (Å²) in [6.45, 7) is 0.331. The fourth-order valence-corrected chi connectivity index (χ4v) is 3.34. The Hall–Kier alpha value is -4.13. The van der Waals surface area contributed by atoms with Crippen LogP contribution in [0.2, 0.25) is 0 Å². The molecule has 0 radical (unpaired) electrons. The smallest absolute Gasteiger partial charge is 0.258 e. The Morgan fingerprint density at radius 3 is 2.35 bits per heavy atom. The van der Waals surface area contributed by atoms with Crippen molar-refractivity contribution in [3.8, 4) is 11.6 Å². The summed E-state index contributed by atoms with van der Waals surface area (Å²) in [4.78, 5) is 30.2. The predicted molar refractivity (Wildman–Crippen MR) is 119 cm³/mol. The Bertz CT molecular complexity index is 1280. The second-order valence-electron chi connectivity index (χ2n) is 6.91. The van der Waals surface area contributed by atoms with Crippen LogP contribution in [0.15, 0.2) is 77.9 Å². The van der Waals surface area contributed by atoms with Crippen LogP contribution >= 0.6 is 0 Å². The predicted octanol–water partition coefficient (Wildman–Crippen LogP) is 3.71. The van der Waals surface area contributed by atoms with E-state index in [1.807, 2.05) is 24.3 Å². The molecule has 31 heavy (non-hydrogen) atoms. The number of amides is 1. The van der Waals surface area contributed by atoms with E-state index in [1.54, 1.807) is 54.3 Å². The number of nitrogens with one attached hydrogen (secondary N) is 1. The summed E-state index contributed by atoms with van der Waals surface area (Å²) in [5, 5.41) is 3.92. The third kappa shape index (κ3) is 4.25. The second kappa shape index (κ2) is 8.71. The second-order valence-corrected chi connectivity index (χ2v) is 6.91. The van der Waals surface area contributed by atoms with E-state index in [9.17, 15) is 9.59 Å². The Kier molecular flexibility index (Phi) is 5.66. The van der Waals surface area contributed by atoms with Crippen molar-refractivity contribution in [3.63, 3.8) is 0 Å². The molecule has 0 saturated heterocycles. The molecule has 2 aromatic carbocycles. The SMILES string of the molecule is COc1ccc(Cn2cc(C(=O)Nc3ccc(OC)nc3)c3ccccc3c2=O)cc1. The molecule has 7 heteroatoms. The maximum atomic E-state index is 13.1. The lowest BCUT2D eigenvalue weighted by Gasteiger charge is -2.13. The van der Waals surface area contributed by atoms with E-state index in [0.717, 1.165) is 11.3 Å². The van der Waals surface area contributed by atoms with Gasteiger partial charge in [0.05, 0.1) is 38.2 Å². The van der Waals surface area contributed by atoms with Crippen molar-refractivity contribution in [1.82, 2.24) is 9.55 Å². The summed E-state index contributed by atoms with van der Waals surface area (Å²) in [7, 11) is 3.13. The normalized spacial score (nSPS) is 10.6. The summed E-state index contributed by atoms with van der Waals surface area (Å²) >= 11 is 0. The lowest BCUT2D eigenvalue weighted by Crippen LogP contribution is -2.24. The van der Waals surface area contributed by atoms with E-state index >= 15 is 0 Å². The molecule has 0 spiro atoms. The van der Waals surface area contributed by atoms with E-state index in [0.29, 0.717) is 34.4 Å². The van der Waals surface area contributed by atoms with Crippen LogP contribution in [0.3, 0.4) is 0 Å². The molecule has 1 N–H and O–H groups in total. The van der Waals surface area contributed by atoms with Gasteiger partial charge in [0.15, 0.2) is 0 Å². The number of aromatic nitrogens is 2. The van der Waals surface area contributed by atoms with Gasteiger partial charge in [0, 0.05) is 23.0 Å². The minimum atomic E-state index is -0.327. The van der Waals surface area contributed by atoms with Crippen molar-refractivity contribution in [2.24, 2.45) is 0 Å². The van der Waals surface area contributed by atoms with Gasteiger partial charge in [-0.1, -0.05) is 30.3 Å². The molecular formula is C24H21N3O4. The highest BCUT2D eigenvalue weighted by Gasteiger charge is 2.15. The molecule has 0 atom stereocenters. The number of carbonyl (C=O) groups is 1. The molecule has 156 valence electrons. The Morgan fingerprint density at radius 2 is 1.71 bits per heavy atom. The number of anilines is 1. The number of methoxy groups -OCH3 is 2. The van der Waals surface area contributed by atoms with Gasteiger partial charge in [0.25, 0.3) is 11.5 Å². The number of fused-ring (bicyclic) bond motifs is 1. The number of pyridine rings is 2. The molecule has 0 unspecified atom stereocenters. The van der Waals surface area contributed by atoms with Gasteiger partial charge < -0.3 is 19.4 Å². The first-order valence-corrected chi connectivity index (χ1v) is 9.65. The topological polar surface area (TPSA) is 82.4 Å². The summed E-state index contributed by atoms with van der Waals surface area (Å²) in [5.41, 5.74) is 1.69. The minimum Gasteiger partial charge on any atom is -0.497 e. The first-order chi connectivity index (χ1) is 15.1. The van der Waals surface area contributed by atoms with Crippen LogP contribution in [-0.2, 0) is 6.54 Å². The Balaban J connectivity index is 1.72. The van der Waals surface area contributed by atoms with Crippen LogP contribution in [0.25, 0.3) is 10.8 Å². The van der Waals surface area contributed by atoms with Crippen LogP contribution < -0.4 is 20.3 Å². The minimum absolute atomic E-state index is 0.158. The van der Waals surface area contributed by atoms with Crippen molar-refractivity contribution in [1.29, 1.82) is 0 Å². The van der Waals surface area contributed by atoms with Crippen LogP contribution in [0.4, 0.5) is 5.69 Å².